The van der Waals surface area contributed by atoms with Crippen LogP contribution in [0.4, 0.5) is 0 Å². The van der Waals surface area contributed by atoms with Crippen LogP contribution in [0.2, 0.25) is 0 Å². The van der Waals surface area contributed by atoms with Crippen LogP contribution in [0, 0.1) is 6.92 Å². The number of hydrogen-bond donors (Lipinski definition) is 0. The normalized spacial score (nSPS) is 18.9. The van der Waals surface area contributed by atoms with Gasteiger partial charge >= 0.3 is 0 Å². The fourth-order valence-electron chi connectivity index (χ4n) is 4.66. The molecule has 1 aromatic carbocycles. The van der Waals surface area contributed by atoms with Gasteiger partial charge in [-0.05, 0) is 51.4 Å². The monoisotopic (exact) mass is 394 g/mol. The van der Waals surface area contributed by atoms with Crippen LogP contribution in [0.3, 0.4) is 0 Å². The molecule has 0 atom stereocenters. The average molecular weight is 394 g/mol. The minimum atomic E-state index is 0.0696. The highest BCUT2D eigenvalue weighted by Crippen LogP contribution is 2.32. The van der Waals surface area contributed by atoms with E-state index in [-0.39, 0.29) is 5.91 Å². The van der Waals surface area contributed by atoms with E-state index in [1.807, 2.05) is 30.0 Å². The first-order chi connectivity index (χ1) is 14.2. The van der Waals surface area contributed by atoms with Gasteiger partial charge in [0.2, 0.25) is 0 Å². The van der Waals surface area contributed by atoms with Crippen LogP contribution < -0.4 is 0 Å². The fraction of sp³-hybridized carbons (Fsp3) is 0.500. The molecule has 0 saturated carbocycles. The number of carbonyl (C=O) groups is 1. The second kappa shape index (κ2) is 7.63. The molecule has 2 aromatic heterocycles. The van der Waals surface area contributed by atoms with E-state index in [0.717, 1.165) is 80.8 Å². The van der Waals surface area contributed by atoms with Crippen LogP contribution in [-0.2, 0) is 6.42 Å². The smallest absolute Gasteiger partial charge is 0.259 e. The van der Waals surface area contributed by atoms with Gasteiger partial charge in [-0.3, -0.25) is 4.79 Å². The van der Waals surface area contributed by atoms with Crippen LogP contribution in [0.25, 0.3) is 11.0 Å². The Morgan fingerprint density at radius 2 is 1.90 bits per heavy atom. The molecule has 7 heteroatoms. The van der Waals surface area contributed by atoms with E-state index < -0.39 is 0 Å². The minimum Gasteiger partial charge on any atom is -0.360 e. The lowest BCUT2D eigenvalue weighted by Crippen LogP contribution is -2.41. The van der Waals surface area contributed by atoms with Crippen molar-refractivity contribution in [2.45, 2.75) is 38.5 Å². The summed E-state index contributed by atoms with van der Waals surface area (Å²) in [5.41, 5.74) is 3.35. The number of amides is 1. The lowest BCUT2D eigenvalue weighted by atomic mass is 9.91. The van der Waals surface area contributed by atoms with Crippen molar-refractivity contribution < 1.29 is 13.8 Å². The third-order valence-electron chi connectivity index (χ3n) is 6.33. The molecule has 5 rings (SSSR count). The zero-order valence-electron chi connectivity index (χ0n) is 16.8. The van der Waals surface area contributed by atoms with E-state index in [2.05, 4.69) is 21.3 Å². The van der Waals surface area contributed by atoms with E-state index in [9.17, 15) is 4.79 Å². The van der Waals surface area contributed by atoms with Crippen molar-refractivity contribution in [2.75, 3.05) is 32.7 Å². The molecule has 3 aromatic rings. The van der Waals surface area contributed by atoms with Crippen molar-refractivity contribution in [2.24, 2.45) is 0 Å². The molecule has 2 aliphatic heterocycles. The minimum absolute atomic E-state index is 0.0696. The molecule has 1 fully saturated rings. The van der Waals surface area contributed by atoms with Gasteiger partial charge in [0, 0.05) is 37.4 Å². The van der Waals surface area contributed by atoms with Crippen molar-refractivity contribution in [3.8, 4) is 0 Å². The highest BCUT2D eigenvalue weighted by Gasteiger charge is 2.29. The van der Waals surface area contributed by atoms with E-state index in [1.165, 1.54) is 0 Å². The molecule has 0 aliphatic carbocycles. The maximum absolute atomic E-state index is 12.9. The number of nitrogens with zero attached hydrogens (tertiary/aromatic N) is 4. The Kier molecular flexibility index (Phi) is 4.83. The van der Waals surface area contributed by atoms with Gasteiger partial charge in [-0.25, -0.2) is 0 Å². The van der Waals surface area contributed by atoms with Crippen LogP contribution in [0.15, 0.2) is 33.3 Å². The zero-order valence-corrected chi connectivity index (χ0v) is 16.8. The van der Waals surface area contributed by atoms with Crippen LogP contribution in [0.1, 0.15) is 52.7 Å². The summed E-state index contributed by atoms with van der Waals surface area (Å²) in [5.74, 6) is 1.26. The molecule has 0 spiro atoms. The van der Waals surface area contributed by atoms with Gasteiger partial charge in [0.25, 0.3) is 5.91 Å². The Morgan fingerprint density at radius 1 is 1.07 bits per heavy atom. The van der Waals surface area contributed by atoms with Gasteiger partial charge < -0.3 is 18.8 Å². The first kappa shape index (κ1) is 18.4. The molecule has 7 nitrogen and oxygen atoms in total. The number of piperidine rings is 1. The Hall–Kier alpha value is -2.67. The lowest BCUT2D eigenvalue weighted by Gasteiger charge is -2.32. The fourth-order valence-corrected chi connectivity index (χ4v) is 4.66. The summed E-state index contributed by atoms with van der Waals surface area (Å²) in [7, 11) is 0. The third kappa shape index (κ3) is 3.44. The Labute approximate surface area is 169 Å². The highest BCUT2D eigenvalue weighted by atomic mass is 16.5. The number of aromatic nitrogens is 2. The van der Waals surface area contributed by atoms with Crippen molar-refractivity contribution in [3.05, 3.63) is 47.0 Å². The maximum atomic E-state index is 12.9. The molecular weight excluding hydrogens is 368 g/mol. The second-order valence-corrected chi connectivity index (χ2v) is 8.14. The zero-order chi connectivity index (χ0) is 19.8. The molecule has 0 unspecified atom stereocenters. The highest BCUT2D eigenvalue weighted by molar-refractivity contribution is 5.96. The first-order valence-corrected chi connectivity index (χ1v) is 10.5. The lowest BCUT2D eigenvalue weighted by molar-refractivity contribution is 0.0731. The van der Waals surface area contributed by atoms with Gasteiger partial charge in [-0.2, -0.15) is 0 Å². The second-order valence-electron chi connectivity index (χ2n) is 8.14. The molecule has 0 radical (unpaired) electrons. The van der Waals surface area contributed by atoms with Crippen molar-refractivity contribution >= 4 is 16.9 Å². The summed E-state index contributed by atoms with van der Waals surface area (Å²) >= 11 is 0. The van der Waals surface area contributed by atoms with Gasteiger partial charge in [0.15, 0.2) is 5.58 Å². The summed E-state index contributed by atoms with van der Waals surface area (Å²) in [6, 6.07) is 8.09. The quantitative estimate of drug-likeness (QED) is 0.675. The van der Waals surface area contributed by atoms with Crippen LogP contribution in [0.5, 0.6) is 0 Å². The summed E-state index contributed by atoms with van der Waals surface area (Å²) in [6.07, 6.45) is 3.85. The molecule has 0 bridgehead atoms. The van der Waals surface area contributed by atoms with Gasteiger partial charge in [-0.1, -0.05) is 22.4 Å². The van der Waals surface area contributed by atoms with E-state index >= 15 is 0 Å². The molecule has 0 N–H and O–H groups in total. The predicted molar refractivity (Wildman–Crippen MR) is 108 cm³/mol. The summed E-state index contributed by atoms with van der Waals surface area (Å²) in [6.45, 7) is 6.32. The van der Waals surface area contributed by atoms with Crippen molar-refractivity contribution in [1.82, 2.24) is 20.1 Å². The summed E-state index contributed by atoms with van der Waals surface area (Å²) < 4.78 is 10.8. The number of aryl methyl sites for hydroxylation is 2. The molecular formula is C22H26N4O3. The number of benzene rings is 1. The first-order valence-electron chi connectivity index (χ1n) is 10.5. The van der Waals surface area contributed by atoms with Gasteiger partial charge in [0.05, 0.1) is 11.4 Å². The number of para-hydroxylation sites is 1. The van der Waals surface area contributed by atoms with Gasteiger partial charge in [0.1, 0.15) is 11.3 Å². The van der Waals surface area contributed by atoms with Crippen molar-refractivity contribution in [3.63, 3.8) is 0 Å². The molecule has 29 heavy (non-hydrogen) atoms. The standard InChI is InChI=1S/C22H26N4O3/c1-15-20-19(29-23-15)7-4-10-26(22(20)27)14-13-25-11-8-16(9-12-25)21-17-5-2-3-6-18(17)28-24-21/h2-3,5-6,16H,4,7-14H2,1H3. The number of rotatable bonds is 4. The van der Waals surface area contributed by atoms with Crippen molar-refractivity contribution in [1.29, 1.82) is 0 Å². The Balaban J connectivity index is 1.18. The summed E-state index contributed by atoms with van der Waals surface area (Å²) in [5, 5.41) is 9.47. The largest absolute Gasteiger partial charge is 0.360 e. The maximum Gasteiger partial charge on any atom is 0.259 e. The van der Waals surface area contributed by atoms with E-state index in [4.69, 9.17) is 9.05 Å². The Bertz CT molecular complexity index is 1020. The average Bonchev–Trinajstić information content (AvgIpc) is 3.29. The number of fused-ring (bicyclic) bond motifs is 2. The van der Waals surface area contributed by atoms with Crippen LogP contribution >= 0.6 is 0 Å². The number of hydrogen-bond acceptors (Lipinski definition) is 6. The SMILES string of the molecule is Cc1noc2c1C(=O)N(CCN1CCC(c3noc4ccccc34)CC1)CCC2. The number of likely N-dealkylation sites (tertiary alicyclic amines) is 1. The van der Waals surface area contributed by atoms with E-state index in [1.54, 1.807) is 0 Å². The molecule has 2 aliphatic rings. The summed E-state index contributed by atoms with van der Waals surface area (Å²) in [4.78, 5) is 17.3. The molecule has 4 heterocycles. The third-order valence-corrected chi connectivity index (χ3v) is 6.33. The predicted octanol–water partition coefficient (Wildman–Crippen LogP) is 3.39. The molecule has 1 amide bonds. The molecule has 152 valence electrons. The topological polar surface area (TPSA) is 75.6 Å². The van der Waals surface area contributed by atoms with E-state index in [0.29, 0.717) is 17.2 Å². The van der Waals surface area contributed by atoms with Gasteiger partial charge in [-0.15, -0.1) is 0 Å². The van der Waals surface area contributed by atoms with Crippen LogP contribution in [-0.4, -0.2) is 58.7 Å². The Morgan fingerprint density at radius 3 is 2.76 bits per heavy atom. The number of carbonyl (C=O) groups excluding carboxylic acids is 1. The molecule has 1 saturated heterocycles.